The second-order valence-electron chi connectivity index (χ2n) is 5.35. The minimum atomic E-state index is 0.186. The maximum Gasteiger partial charge on any atom is 0.216 e. The van der Waals surface area contributed by atoms with Gasteiger partial charge in [0.25, 0.3) is 0 Å². The van der Waals surface area contributed by atoms with E-state index < -0.39 is 0 Å². The second kappa shape index (κ2) is 8.70. The Hall–Kier alpha value is -2.84. The van der Waals surface area contributed by atoms with Crippen LogP contribution < -0.4 is 14.2 Å². The summed E-state index contributed by atoms with van der Waals surface area (Å²) in [5.41, 5.74) is 0.769. The van der Waals surface area contributed by atoms with Gasteiger partial charge in [-0.15, -0.1) is 0 Å². The molecule has 0 aliphatic rings. The Bertz CT molecular complexity index is 999. The summed E-state index contributed by atoms with van der Waals surface area (Å²) >= 11 is 11.1. The number of ether oxygens (including phenoxy) is 3. The van der Waals surface area contributed by atoms with Gasteiger partial charge in [-0.05, 0) is 48.6 Å². The van der Waals surface area contributed by atoms with Crippen LogP contribution in [0.25, 0.3) is 0 Å². The molecule has 1 heterocycles. The van der Waals surface area contributed by atoms with Gasteiger partial charge in [0.2, 0.25) is 4.77 Å². The lowest BCUT2D eigenvalue weighted by molar-refractivity contribution is 0.290. The van der Waals surface area contributed by atoms with E-state index in [1.54, 1.807) is 50.8 Å². The summed E-state index contributed by atoms with van der Waals surface area (Å²) in [6.45, 7) is 0.186. The predicted octanol–water partition coefficient (Wildman–Crippen LogP) is 4.07. The van der Waals surface area contributed by atoms with E-state index >= 15 is 0 Å². The maximum absolute atomic E-state index is 5.87. The first-order chi connectivity index (χ1) is 13.1. The summed E-state index contributed by atoms with van der Waals surface area (Å²) in [5, 5.41) is 11.9. The molecule has 0 fully saturated rings. The van der Waals surface area contributed by atoms with Gasteiger partial charge in [-0.2, -0.15) is 14.9 Å². The molecular weight excluding hydrogens is 388 g/mol. The van der Waals surface area contributed by atoms with Crippen molar-refractivity contribution in [3.63, 3.8) is 0 Å². The standard InChI is InChI=1S/C18H17ClN4O3S/c1-24-15-6-3-12(16(9-15)25-2)10-20-23-17(21-22-18(23)27)11-26-14-7-4-13(19)5-8-14/h3-10H,11H2,1-2H3,(H,22,27)/b20-10-. The molecule has 27 heavy (non-hydrogen) atoms. The fourth-order valence-electron chi connectivity index (χ4n) is 2.26. The lowest BCUT2D eigenvalue weighted by atomic mass is 10.2. The first-order valence-electron chi connectivity index (χ1n) is 7.91. The lowest BCUT2D eigenvalue weighted by Gasteiger charge is -2.07. The molecule has 2 aromatic carbocycles. The van der Waals surface area contributed by atoms with Crippen LogP contribution in [0, 0.1) is 4.77 Å². The highest BCUT2D eigenvalue weighted by Crippen LogP contribution is 2.23. The van der Waals surface area contributed by atoms with Gasteiger partial charge in [0.05, 0.1) is 20.4 Å². The highest BCUT2D eigenvalue weighted by atomic mass is 35.5. The van der Waals surface area contributed by atoms with E-state index in [0.29, 0.717) is 32.9 Å². The van der Waals surface area contributed by atoms with Gasteiger partial charge in [-0.1, -0.05) is 11.6 Å². The number of halogens is 1. The van der Waals surface area contributed by atoms with Gasteiger partial charge in [0, 0.05) is 16.7 Å². The van der Waals surface area contributed by atoms with Crippen LogP contribution in [0.2, 0.25) is 5.02 Å². The van der Waals surface area contributed by atoms with Crippen molar-refractivity contribution in [2.24, 2.45) is 5.10 Å². The van der Waals surface area contributed by atoms with Gasteiger partial charge in [-0.25, -0.2) is 5.10 Å². The molecule has 3 aromatic rings. The molecule has 0 spiro atoms. The number of methoxy groups -OCH3 is 2. The third-order valence-electron chi connectivity index (χ3n) is 3.65. The highest BCUT2D eigenvalue weighted by Gasteiger charge is 2.08. The minimum absolute atomic E-state index is 0.186. The van der Waals surface area contributed by atoms with Crippen molar-refractivity contribution < 1.29 is 14.2 Å². The van der Waals surface area contributed by atoms with Crippen LogP contribution in [0.4, 0.5) is 0 Å². The average Bonchev–Trinajstić information content (AvgIpc) is 3.05. The van der Waals surface area contributed by atoms with Gasteiger partial charge in [-0.3, -0.25) is 0 Å². The van der Waals surface area contributed by atoms with Crippen LogP contribution in [-0.4, -0.2) is 35.3 Å². The molecule has 0 amide bonds. The van der Waals surface area contributed by atoms with E-state index in [1.807, 2.05) is 12.1 Å². The number of hydrogen-bond acceptors (Lipinski definition) is 6. The minimum Gasteiger partial charge on any atom is -0.497 e. The van der Waals surface area contributed by atoms with Crippen LogP contribution >= 0.6 is 23.8 Å². The Kier molecular flexibility index (Phi) is 6.10. The van der Waals surface area contributed by atoms with Gasteiger partial charge in [0.15, 0.2) is 5.82 Å². The fourth-order valence-corrected chi connectivity index (χ4v) is 2.58. The van der Waals surface area contributed by atoms with Crippen LogP contribution in [-0.2, 0) is 6.61 Å². The van der Waals surface area contributed by atoms with E-state index in [1.165, 1.54) is 4.68 Å². The predicted molar refractivity (Wildman–Crippen MR) is 106 cm³/mol. The summed E-state index contributed by atoms with van der Waals surface area (Å²) in [5.74, 6) is 2.52. The Morgan fingerprint density at radius 2 is 1.89 bits per heavy atom. The number of rotatable bonds is 7. The summed E-state index contributed by atoms with van der Waals surface area (Å²) in [7, 11) is 3.18. The normalized spacial score (nSPS) is 10.9. The Labute approximate surface area is 166 Å². The number of hydrogen-bond donors (Lipinski definition) is 1. The molecule has 0 saturated heterocycles. The molecule has 0 aliphatic heterocycles. The molecule has 0 aliphatic carbocycles. The molecule has 1 N–H and O–H groups in total. The van der Waals surface area contributed by atoms with E-state index in [4.69, 9.17) is 38.0 Å². The molecule has 0 atom stereocenters. The lowest BCUT2D eigenvalue weighted by Crippen LogP contribution is -2.04. The molecule has 7 nitrogen and oxygen atoms in total. The molecule has 9 heteroatoms. The quantitative estimate of drug-likeness (QED) is 0.474. The third-order valence-corrected chi connectivity index (χ3v) is 4.17. The third kappa shape index (κ3) is 4.66. The van der Waals surface area contributed by atoms with E-state index in [9.17, 15) is 0 Å². The first-order valence-corrected chi connectivity index (χ1v) is 8.70. The SMILES string of the molecule is COc1ccc(/C=N\n2c(COc3ccc(Cl)cc3)n[nH]c2=S)c(OC)c1. The van der Waals surface area contributed by atoms with Gasteiger partial charge >= 0.3 is 0 Å². The van der Waals surface area contributed by atoms with Crippen molar-refractivity contribution in [1.82, 2.24) is 14.9 Å². The summed E-state index contributed by atoms with van der Waals surface area (Å²) in [6.07, 6.45) is 1.63. The molecule has 0 unspecified atom stereocenters. The zero-order chi connectivity index (χ0) is 19.2. The Morgan fingerprint density at radius 3 is 2.59 bits per heavy atom. The Balaban J connectivity index is 1.79. The number of benzene rings is 2. The van der Waals surface area contributed by atoms with Crippen LogP contribution in [0.1, 0.15) is 11.4 Å². The number of aromatic amines is 1. The molecule has 0 radical (unpaired) electrons. The van der Waals surface area contributed by atoms with Crippen LogP contribution in [0.5, 0.6) is 17.2 Å². The smallest absolute Gasteiger partial charge is 0.216 e. The largest absolute Gasteiger partial charge is 0.497 e. The zero-order valence-corrected chi connectivity index (χ0v) is 16.3. The topological polar surface area (TPSA) is 73.7 Å². The number of H-pyrrole nitrogens is 1. The van der Waals surface area contributed by atoms with Crippen LogP contribution in [0.3, 0.4) is 0 Å². The molecule has 3 rings (SSSR count). The number of nitrogens with zero attached hydrogens (tertiary/aromatic N) is 3. The number of aromatic nitrogens is 3. The average molecular weight is 405 g/mol. The van der Waals surface area contributed by atoms with E-state index in [-0.39, 0.29) is 6.61 Å². The summed E-state index contributed by atoms with van der Waals surface area (Å²) in [4.78, 5) is 0. The molecule has 1 aromatic heterocycles. The van der Waals surface area contributed by atoms with Crippen molar-refractivity contribution in [3.05, 3.63) is 63.6 Å². The van der Waals surface area contributed by atoms with Crippen molar-refractivity contribution in [2.75, 3.05) is 14.2 Å². The van der Waals surface area contributed by atoms with E-state index in [0.717, 1.165) is 5.56 Å². The molecule has 0 bridgehead atoms. The van der Waals surface area contributed by atoms with Crippen molar-refractivity contribution >= 4 is 30.0 Å². The fraction of sp³-hybridized carbons (Fsp3) is 0.167. The van der Waals surface area contributed by atoms with Crippen molar-refractivity contribution in [1.29, 1.82) is 0 Å². The Morgan fingerprint density at radius 1 is 1.15 bits per heavy atom. The molecule has 0 saturated carbocycles. The van der Waals surface area contributed by atoms with Crippen LogP contribution in [0.15, 0.2) is 47.6 Å². The summed E-state index contributed by atoms with van der Waals surface area (Å²) in [6, 6.07) is 12.5. The monoisotopic (exact) mass is 404 g/mol. The second-order valence-corrected chi connectivity index (χ2v) is 6.17. The molecular formula is C18H17ClN4O3S. The zero-order valence-electron chi connectivity index (χ0n) is 14.7. The van der Waals surface area contributed by atoms with Gasteiger partial charge < -0.3 is 14.2 Å². The van der Waals surface area contributed by atoms with E-state index in [2.05, 4.69) is 15.3 Å². The maximum atomic E-state index is 5.87. The first kappa shape index (κ1) is 18.9. The summed E-state index contributed by atoms with van der Waals surface area (Å²) < 4.78 is 18.1. The van der Waals surface area contributed by atoms with Gasteiger partial charge in [0.1, 0.15) is 23.9 Å². The highest BCUT2D eigenvalue weighted by molar-refractivity contribution is 7.71. The van der Waals surface area contributed by atoms with Crippen molar-refractivity contribution in [3.8, 4) is 17.2 Å². The molecule has 140 valence electrons. The van der Waals surface area contributed by atoms with Crippen molar-refractivity contribution in [2.45, 2.75) is 6.61 Å². The number of nitrogens with one attached hydrogen (secondary N) is 1.